The fourth-order valence-corrected chi connectivity index (χ4v) is 1.32. The van der Waals surface area contributed by atoms with Gasteiger partial charge in [0, 0.05) is 11.3 Å². The first-order valence-corrected chi connectivity index (χ1v) is 6.11. The lowest BCUT2D eigenvalue weighted by Gasteiger charge is -2.20. The summed E-state index contributed by atoms with van der Waals surface area (Å²) in [4.78, 5) is 23.6. The van der Waals surface area contributed by atoms with Crippen LogP contribution in [0.2, 0.25) is 0 Å². The largest absolute Gasteiger partial charge is 0.456 e. The van der Waals surface area contributed by atoms with Gasteiger partial charge < -0.3 is 15.2 Å². The summed E-state index contributed by atoms with van der Waals surface area (Å²) in [5.74, 6) is -1.12. The summed E-state index contributed by atoms with van der Waals surface area (Å²) >= 11 is 0. The van der Waals surface area contributed by atoms with Crippen LogP contribution in [0.3, 0.4) is 0 Å². The van der Waals surface area contributed by atoms with Crippen LogP contribution in [0.25, 0.3) is 0 Å². The standard InChI is InChI=1S/C15H19NO4/c1-9(2)13(17)19-12-7-6-10(16)8-11(12)14(18)20-15(3,4)5/h6-8H,1,16H2,2-5H3. The van der Waals surface area contributed by atoms with Gasteiger partial charge in [0.1, 0.15) is 16.9 Å². The number of hydrogen-bond acceptors (Lipinski definition) is 5. The van der Waals surface area contributed by atoms with E-state index in [0.717, 1.165) is 0 Å². The minimum absolute atomic E-state index is 0.0986. The van der Waals surface area contributed by atoms with Crippen LogP contribution >= 0.6 is 0 Å². The van der Waals surface area contributed by atoms with Crippen molar-refractivity contribution in [3.8, 4) is 5.75 Å². The highest BCUT2D eigenvalue weighted by molar-refractivity contribution is 5.96. The number of esters is 2. The molecule has 1 aromatic rings. The van der Waals surface area contributed by atoms with E-state index in [0.29, 0.717) is 5.69 Å². The van der Waals surface area contributed by atoms with E-state index >= 15 is 0 Å². The molecule has 0 saturated heterocycles. The van der Waals surface area contributed by atoms with Crippen LogP contribution in [0.15, 0.2) is 30.4 Å². The molecule has 0 atom stereocenters. The zero-order valence-electron chi connectivity index (χ0n) is 12.1. The van der Waals surface area contributed by atoms with Gasteiger partial charge in [0.25, 0.3) is 0 Å². The zero-order valence-corrected chi connectivity index (χ0v) is 12.1. The lowest BCUT2D eigenvalue weighted by molar-refractivity contribution is -0.130. The van der Waals surface area contributed by atoms with Gasteiger partial charge >= 0.3 is 11.9 Å². The Balaban J connectivity index is 3.11. The molecule has 5 nitrogen and oxygen atoms in total. The molecule has 5 heteroatoms. The molecule has 1 aromatic carbocycles. The van der Waals surface area contributed by atoms with Gasteiger partial charge in [-0.05, 0) is 45.9 Å². The third kappa shape index (κ3) is 4.42. The monoisotopic (exact) mass is 277 g/mol. The summed E-state index contributed by atoms with van der Waals surface area (Å²) in [5.41, 5.74) is 5.71. The van der Waals surface area contributed by atoms with Gasteiger partial charge in [-0.1, -0.05) is 6.58 Å². The van der Waals surface area contributed by atoms with Gasteiger partial charge in [-0.3, -0.25) is 0 Å². The van der Waals surface area contributed by atoms with Crippen molar-refractivity contribution in [2.45, 2.75) is 33.3 Å². The van der Waals surface area contributed by atoms with Crippen LogP contribution in [-0.2, 0) is 9.53 Å². The third-order valence-electron chi connectivity index (χ3n) is 2.17. The van der Waals surface area contributed by atoms with Gasteiger partial charge in [0.05, 0.1) is 0 Å². The molecule has 0 unspecified atom stereocenters. The first-order valence-electron chi connectivity index (χ1n) is 6.11. The van der Waals surface area contributed by atoms with Crippen LogP contribution in [0.4, 0.5) is 5.69 Å². The van der Waals surface area contributed by atoms with Gasteiger partial charge in [-0.25, -0.2) is 9.59 Å². The van der Waals surface area contributed by atoms with E-state index in [1.807, 2.05) is 0 Å². The van der Waals surface area contributed by atoms with Crippen LogP contribution in [-0.4, -0.2) is 17.5 Å². The third-order valence-corrected chi connectivity index (χ3v) is 2.17. The van der Waals surface area contributed by atoms with E-state index in [4.69, 9.17) is 15.2 Å². The SMILES string of the molecule is C=C(C)C(=O)Oc1ccc(N)cc1C(=O)OC(C)(C)C. The Hall–Kier alpha value is -2.30. The number of ether oxygens (including phenoxy) is 2. The van der Waals surface area contributed by atoms with Crippen molar-refractivity contribution in [2.24, 2.45) is 0 Å². The maximum absolute atomic E-state index is 12.1. The Morgan fingerprint density at radius 1 is 1.25 bits per heavy atom. The Morgan fingerprint density at radius 3 is 2.35 bits per heavy atom. The first kappa shape index (κ1) is 15.8. The lowest BCUT2D eigenvalue weighted by atomic mass is 10.1. The molecule has 20 heavy (non-hydrogen) atoms. The Labute approximate surface area is 118 Å². The molecule has 0 fully saturated rings. The van der Waals surface area contributed by atoms with Crippen molar-refractivity contribution in [3.63, 3.8) is 0 Å². The van der Waals surface area contributed by atoms with Crippen molar-refractivity contribution in [1.82, 2.24) is 0 Å². The van der Waals surface area contributed by atoms with Crippen LogP contribution in [0.5, 0.6) is 5.75 Å². The number of anilines is 1. The number of nitrogens with two attached hydrogens (primary N) is 1. The zero-order chi connectivity index (χ0) is 15.5. The van der Waals surface area contributed by atoms with Crippen LogP contribution in [0.1, 0.15) is 38.1 Å². The Kier molecular flexibility index (Phi) is 4.55. The summed E-state index contributed by atoms with van der Waals surface area (Å²) < 4.78 is 10.4. The average Bonchev–Trinajstić information content (AvgIpc) is 2.28. The topological polar surface area (TPSA) is 78.6 Å². The second-order valence-corrected chi connectivity index (χ2v) is 5.43. The maximum atomic E-state index is 12.1. The highest BCUT2D eigenvalue weighted by Crippen LogP contribution is 2.25. The summed E-state index contributed by atoms with van der Waals surface area (Å²) in [6.07, 6.45) is 0. The van der Waals surface area contributed by atoms with Crippen LogP contribution in [0, 0.1) is 0 Å². The number of carbonyl (C=O) groups excluding carboxylic acids is 2. The highest BCUT2D eigenvalue weighted by atomic mass is 16.6. The smallest absolute Gasteiger partial charge is 0.342 e. The van der Waals surface area contributed by atoms with Crippen molar-refractivity contribution < 1.29 is 19.1 Å². The van der Waals surface area contributed by atoms with E-state index in [1.165, 1.54) is 25.1 Å². The van der Waals surface area contributed by atoms with Crippen molar-refractivity contribution >= 4 is 17.6 Å². The van der Waals surface area contributed by atoms with E-state index in [-0.39, 0.29) is 16.9 Å². The second kappa shape index (κ2) is 5.77. The molecular formula is C15H19NO4. The molecule has 0 spiro atoms. The predicted molar refractivity (Wildman–Crippen MR) is 76.5 cm³/mol. The number of rotatable bonds is 3. The molecule has 0 aliphatic carbocycles. The number of hydrogen-bond donors (Lipinski definition) is 1. The van der Waals surface area contributed by atoms with Gasteiger partial charge in [0.2, 0.25) is 0 Å². The van der Waals surface area contributed by atoms with Crippen molar-refractivity contribution in [2.75, 3.05) is 5.73 Å². The molecular weight excluding hydrogens is 258 g/mol. The van der Waals surface area contributed by atoms with E-state index in [2.05, 4.69) is 6.58 Å². The molecule has 108 valence electrons. The molecule has 2 N–H and O–H groups in total. The van der Waals surface area contributed by atoms with E-state index < -0.39 is 17.5 Å². The minimum atomic E-state index is -0.655. The van der Waals surface area contributed by atoms with Crippen LogP contribution < -0.4 is 10.5 Å². The van der Waals surface area contributed by atoms with Gasteiger partial charge in [-0.15, -0.1) is 0 Å². The van der Waals surface area contributed by atoms with E-state index in [1.54, 1.807) is 20.8 Å². The molecule has 0 aliphatic heterocycles. The lowest BCUT2D eigenvalue weighted by Crippen LogP contribution is -2.24. The minimum Gasteiger partial charge on any atom is -0.456 e. The van der Waals surface area contributed by atoms with Crippen molar-refractivity contribution in [3.05, 3.63) is 35.9 Å². The molecule has 0 bridgehead atoms. The second-order valence-electron chi connectivity index (χ2n) is 5.43. The predicted octanol–water partition coefficient (Wildman–Crippen LogP) is 2.71. The number of nitrogen functional groups attached to an aromatic ring is 1. The fraction of sp³-hybridized carbons (Fsp3) is 0.333. The Morgan fingerprint density at radius 2 is 1.85 bits per heavy atom. The average molecular weight is 277 g/mol. The maximum Gasteiger partial charge on any atom is 0.342 e. The normalized spacial score (nSPS) is 10.8. The molecule has 0 amide bonds. The summed E-state index contributed by atoms with van der Waals surface area (Å²) in [6, 6.07) is 4.40. The fourth-order valence-electron chi connectivity index (χ4n) is 1.32. The van der Waals surface area contributed by atoms with Gasteiger partial charge in [-0.2, -0.15) is 0 Å². The molecule has 0 aromatic heterocycles. The molecule has 0 aliphatic rings. The summed E-state index contributed by atoms with van der Waals surface area (Å²) in [7, 11) is 0. The first-order chi connectivity index (χ1) is 9.10. The number of carbonyl (C=O) groups is 2. The van der Waals surface area contributed by atoms with Crippen molar-refractivity contribution in [1.29, 1.82) is 0 Å². The van der Waals surface area contributed by atoms with Gasteiger partial charge in [0.15, 0.2) is 0 Å². The molecule has 0 heterocycles. The molecule has 0 saturated carbocycles. The number of benzene rings is 1. The summed E-state index contributed by atoms with van der Waals surface area (Å²) in [5, 5.41) is 0. The molecule has 0 radical (unpaired) electrons. The van der Waals surface area contributed by atoms with E-state index in [9.17, 15) is 9.59 Å². The quantitative estimate of drug-likeness (QED) is 0.398. The molecule has 1 rings (SSSR count). The Bertz CT molecular complexity index is 555. The highest BCUT2D eigenvalue weighted by Gasteiger charge is 2.22. The summed E-state index contributed by atoms with van der Waals surface area (Å²) in [6.45, 7) is 10.2.